The maximum absolute atomic E-state index is 5.46. The molecule has 0 aliphatic heterocycles. The van der Waals surface area contributed by atoms with Crippen molar-refractivity contribution in [2.45, 2.75) is 25.8 Å². The van der Waals surface area contributed by atoms with Crippen molar-refractivity contribution in [3.8, 4) is 0 Å². The fourth-order valence-corrected chi connectivity index (χ4v) is 1.32. The van der Waals surface area contributed by atoms with Gasteiger partial charge in [-0.25, -0.2) is 0 Å². The first kappa shape index (κ1) is 17.8. The molecule has 0 saturated heterocycles. The van der Waals surface area contributed by atoms with Crippen molar-refractivity contribution in [2.75, 3.05) is 60.4 Å². The Hall–Kier alpha value is -0.200. The van der Waals surface area contributed by atoms with Gasteiger partial charge in [0.1, 0.15) is 0 Å². The summed E-state index contributed by atoms with van der Waals surface area (Å²) in [5, 5.41) is 3.20. The summed E-state index contributed by atoms with van der Waals surface area (Å²) in [7, 11) is 3.64. The van der Waals surface area contributed by atoms with E-state index in [4.69, 9.17) is 18.9 Å². The van der Waals surface area contributed by atoms with Gasteiger partial charge in [0.25, 0.3) is 0 Å². The Balaban J connectivity index is 2.94. The summed E-state index contributed by atoms with van der Waals surface area (Å²) in [4.78, 5) is 0. The highest BCUT2D eigenvalue weighted by Gasteiger charge is 1.97. The molecule has 0 aromatic rings. The van der Waals surface area contributed by atoms with E-state index in [0.29, 0.717) is 45.7 Å². The standard InChI is InChI=1S/C13H29NO4/c1-13(14-2)5-4-6-16-9-10-18-12-11-17-8-7-15-3/h13-14H,4-12H2,1-3H3. The summed E-state index contributed by atoms with van der Waals surface area (Å²) in [6, 6.07) is 0.564. The quantitative estimate of drug-likeness (QED) is 0.475. The normalized spacial score (nSPS) is 12.8. The fourth-order valence-electron chi connectivity index (χ4n) is 1.32. The predicted molar refractivity (Wildman–Crippen MR) is 72.1 cm³/mol. The first-order valence-corrected chi connectivity index (χ1v) is 6.70. The van der Waals surface area contributed by atoms with Crippen LogP contribution in [0.15, 0.2) is 0 Å². The van der Waals surface area contributed by atoms with Gasteiger partial charge in [-0.3, -0.25) is 0 Å². The van der Waals surface area contributed by atoms with Crippen molar-refractivity contribution >= 4 is 0 Å². The minimum Gasteiger partial charge on any atom is -0.382 e. The van der Waals surface area contributed by atoms with Gasteiger partial charge in [-0.1, -0.05) is 0 Å². The lowest BCUT2D eigenvalue weighted by Gasteiger charge is -2.10. The highest BCUT2D eigenvalue weighted by molar-refractivity contribution is 4.55. The second-order valence-electron chi connectivity index (χ2n) is 4.16. The fraction of sp³-hybridized carbons (Fsp3) is 1.00. The van der Waals surface area contributed by atoms with Crippen molar-refractivity contribution in [3.05, 3.63) is 0 Å². The smallest absolute Gasteiger partial charge is 0.0701 e. The molecular weight excluding hydrogens is 234 g/mol. The Morgan fingerprint density at radius 2 is 1.33 bits per heavy atom. The van der Waals surface area contributed by atoms with Gasteiger partial charge in [-0.15, -0.1) is 0 Å². The number of hydrogen-bond donors (Lipinski definition) is 1. The third-order valence-electron chi connectivity index (χ3n) is 2.59. The van der Waals surface area contributed by atoms with E-state index in [1.165, 1.54) is 0 Å². The molecule has 0 spiro atoms. The van der Waals surface area contributed by atoms with Crippen LogP contribution in [-0.2, 0) is 18.9 Å². The van der Waals surface area contributed by atoms with E-state index in [9.17, 15) is 0 Å². The number of hydrogen-bond acceptors (Lipinski definition) is 5. The molecule has 0 heterocycles. The van der Waals surface area contributed by atoms with E-state index in [1.54, 1.807) is 7.11 Å². The molecule has 0 aliphatic rings. The summed E-state index contributed by atoms with van der Waals surface area (Å²) >= 11 is 0. The van der Waals surface area contributed by atoms with Crippen molar-refractivity contribution < 1.29 is 18.9 Å². The molecule has 1 N–H and O–H groups in total. The van der Waals surface area contributed by atoms with Crippen LogP contribution in [0, 0.1) is 0 Å². The molecular formula is C13H29NO4. The summed E-state index contributed by atoms with van der Waals surface area (Å²) in [6.45, 7) is 6.76. The minimum absolute atomic E-state index is 0.564. The first-order valence-electron chi connectivity index (χ1n) is 6.70. The highest BCUT2D eigenvalue weighted by Crippen LogP contribution is 1.95. The largest absolute Gasteiger partial charge is 0.382 e. The first-order chi connectivity index (χ1) is 8.81. The van der Waals surface area contributed by atoms with E-state index in [-0.39, 0.29) is 0 Å². The van der Waals surface area contributed by atoms with Crippen LogP contribution in [0.4, 0.5) is 0 Å². The topological polar surface area (TPSA) is 49.0 Å². The van der Waals surface area contributed by atoms with Gasteiger partial charge in [-0.05, 0) is 26.8 Å². The van der Waals surface area contributed by atoms with Gasteiger partial charge >= 0.3 is 0 Å². The zero-order chi connectivity index (χ0) is 13.5. The number of methoxy groups -OCH3 is 1. The van der Waals surface area contributed by atoms with E-state index in [1.807, 2.05) is 7.05 Å². The average Bonchev–Trinajstić information content (AvgIpc) is 2.39. The molecule has 110 valence electrons. The summed E-state index contributed by atoms with van der Waals surface area (Å²) < 4.78 is 20.9. The molecule has 0 saturated carbocycles. The van der Waals surface area contributed by atoms with Gasteiger partial charge in [0.05, 0.1) is 39.6 Å². The lowest BCUT2D eigenvalue weighted by atomic mass is 10.2. The zero-order valence-electron chi connectivity index (χ0n) is 12.1. The monoisotopic (exact) mass is 263 g/mol. The molecule has 0 radical (unpaired) electrons. The van der Waals surface area contributed by atoms with E-state index >= 15 is 0 Å². The molecule has 0 bridgehead atoms. The van der Waals surface area contributed by atoms with Crippen molar-refractivity contribution in [3.63, 3.8) is 0 Å². The van der Waals surface area contributed by atoms with Crippen LogP contribution in [-0.4, -0.2) is 66.4 Å². The molecule has 18 heavy (non-hydrogen) atoms. The molecule has 0 aromatic heterocycles. The Morgan fingerprint density at radius 3 is 1.83 bits per heavy atom. The minimum atomic E-state index is 0.564. The van der Waals surface area contributed by atoms with Crippen molar-refractivity contribution in [2.24, 2.45) is 0 Å². The SMILES string of the molecule is CNC(C)CCCOCCOCCOCCOC. The number of nitrogens with one attached hydrogen (secondary N) is 1. The lowest BCUT2D eigenvalue weighted by molar-refractivity contribution is 0.00313. The molecule has 0 aliphatic carbocycles. The van der Waals surface area contributed by atoms with Crippen LogP contribution in [0.3, 0.4) is 0 Å². The van der Waals surface area contributed by atoms with Crippen molar-refractivity contribution in [1.29, 1.82) is 0 Å². The van der Waals surface area contributed by atoms with Crippen LogP contribution < -0.4 is 5.32 Å². The maximum atomic E-state index is 5.46. The Labute approximate surface area is 111 Å². The maximum Gasteiger partial charge on any atom is 0.0701 e. The van der Waals surface area contributed by atoms with Crippen LogP contribution in [0.2, 0.25) is 0 Å². The second kappa shape index (κ2) is 14.9. The van der Waals surface area contributed by atoms with Crippen LogP contribution in [0.5, 0.6) is 0 Å². The van der Waals surface area contributed by atoms with E-state index in [2.05, 4.69) is 12.2 Å². The molecule has 1 unspecified atom stereocenters. The van der Waals surface area contributed by atoms with Crippen LogP contribution >= 0.6 is 0 Å². The van der Waals surface area contributed by atoms with Crippen LogP contribution in [0.25, 0.3) is 0 Å². The Bertz CT molecular complexity index is 158. The Morgan fingerprint density at radius 1 is 0.833 bits per heavy atom. The summed E-state index contributed by atoms with van der Waals surface area (Å²) in [5.74, 6) is 0. The molecule has 0 fully saturated rings. The van der Waals surface area contributed by atoms with Gasteiger partial charge < -0.3 is 24.3 Å². The number of rotatable bonds is 14. The predicted octanol–water partition coefficient (Wildman–Crippen LogP) is 1.07. The molecule has 1 atom stereocenters. The van der Waals surface area contributed by atoms with Gasteiger partial charge in [-0.2, -0.15) is 0 Å². The van der Waals surface area contributed by atoms with Gasteiger partial charge in [0.15, 0.2) is 0 Å². The van der Waals surface area contributed by atoms with Crippen LogP contribution in [0.1, 0.15) is 19.8 Å². The molecule has 5 heteroatoms. The third-order valence-corrected chi connectivity index (χ3v) is 2.59. The average molecular weight is 263 g/mol. The molecule has 5 nitrogen and oxygen atoms in total. The summed E-state index contributed by atoms with van der Waals surface area (Å²) in [5.41, 5.74) is 0. The second-order valence-corrected chi connectivity index (χ2v) is 4.16. The van der Waals surface area contributed by atoms with E-state index < -0.39 is 0 Å². The van der Waals surface area contributed by atoms with Gasteiger partial charge in [0, 0.05) is 19.8 Å². The third kappa shape index (κ3) is 13.9. The molecule has 0 amide bonds. The Kier molecular flexibility index (Phi) is 14.7. The number of ether oxygens (including phenoxy) is 4. The van der Waals surface area contributed by atoms with Gasteiger partial charge in [0.2, 0.25) is 0 Å². The van der Waals surface area contributed by atoms with E-state index in [0.717, 1.165) is 19.4 Å². The zero-order valence-corrected chi connectivity index (χ0v) is 12.1. The lowest BCUT2D eigenvalue weighted by Crippen LogP contribution is -2.21. The molecule has 0 aromatic carbocycles. The van der Waals surface area contributed by atoms with Crippen molar-refractivity contribution in [1.82, 2.24) is 5.32 Å². The highest BCUT2D eigenvalue weighted by atomic mass is 16.6. The molecule has 0 rings (SSSR count). The summed E-state index contributed by atoms with van der Waals surface area (Å²) in [6.07, 6.45) is 2.23.